The fourth-order valence-electron chi connectivity index (χ4n) is 10.8. The van der Waals surface area contributed by atoms with Gasteiger partial charge in [0.05, 0.1) is 59.7 Å². The first kappa shape index (κ1) is 58.0. The maximum atomic E-state index is 14.0. The minimum absolute atomic E-state index is 0.0283. The Labute approximate surface area is 451 Å². The highest BCUT2D eigenvalue weighted by atomic mass is 32.2. The van der Waals surface area contributed by atoms with E-state index in [1.165, 1.54) is 58.5 Å². The van der Waals surface area contributed by atoms with Gasteiger partial charge in [-0.15, -0.1) is 11.8 Å². The summed E-state index contributed by atoms with van der Waals surface area (Å²) in [6.07, 6.45) is -3.75. The summed E-state index contributed by atoms with van der Waals surface area (Å²) >= 11 is 1.19. The molecular formula is C53H67N5O19S. The summed E-state index contributed by atoms with van der Waals surface area (Å²) in [4.78, 5) is 79.9. The molecule has 0 saturated carbocycles. The van der Waals surface area contributed by atoms with Gasteiger partial charge in [0.1, 0.15) is 41.8 Å². The number of nitrogens with zero attached hydrogens (tertiary/aromatic N) is 3. The third-order valence-corrected chi connectivity index (χ3v) is 16.0. The lowest BCUT2D eigenvalue weighted by molar-refractivity contribution is -0.249. The lowest BCUT2D eigenvalue weighted by atomic mass is 9.72. The summed E-state index contributed by atoms with van der Waals surface area (Å²) in [5.74, 6) is -4.40. The smallest absolute Gasteiger partial charge is 0.333 e. The van der Waals surface area contributed by atoms with Crippen LogP contribution in [0.2, 0.25) is 0 Å². The van der Waals surface area contributed by atoms with E-state index in [-0.39, 0.29) is 84.6 Å². The van der Waals surface area contributed by atoms with Crippen LogP contribution in [0.3, 0.4) is 0 Å². The number of nitrogens with one attached hydrogen (secondary N) is 2. The number of unbranched alkanes of at least 4 members (excludes halogenated alkanes) is 3. The number of methoxy groups -OCH3 is 1. The predicted octanol–water partition coefficient (Wildman–Crippen LogP) is 1.07. The molecule has 424 valence electrons. The van der Waals surface area contributed by atoms with Crippen LogP contribution in [0.1, 0.15) is 126 Å². The third kappa shape index (κ3) is 11.6. The molecule has 2 aliphatic carbocycles. The summed E-state index contributed by atoms with van der Waals surface area (Å²) in [6, 6.07) is 5.02. The van der Waals surface area contributed by atoms with Gasteiger partial charge in [0, 0.05) is 98.1 Å². The van der Waals surface area contributed by atoms with Crippen LogP contribution in [-0.4, -0.2) is 164 Å². The van der Waals surface area contributed by atoms with Crippen molar-refractivity contribution in [2.75, 3.05) is 39.2 Å². The van der Waals surface area contributed by atoms with Gasteiger partial charge in [0.15, 0.2) is 23.7 Å². The number of thioether (sulfide) groups is 1. The van der Waals surface area contributed by atoms with Crippen molar-refractivity contribution in [2.45, 2.75) is 151 Å². The van der Waals surface area contributed by atoms with Crippen molar-refractivity contribution in [3.05, 3.63) is 90.2 Å². The standard InChI is InChI=1S/C53H67N5O19S/c1-26-23-58(39-19-31(61)34(24-59)76-39)52(72)57(50(26)70)15-7-5-4-6-13-55-37(63)12-17-78-35-20-38(64)56(51(35)71)16-9-14-54-30-18-40(75-27(2)45(30)65)77-33-22-53(73,36(62)25-60)21-29-42(33)49(69)44-43(47(29)67)46(66)28-10-8-11-32(74-3)41(28)48(44)68/h8,10-11,20,23,27,30-31,33-34,39-40,45,54,59-61,64-65,67,69,71,73H,4-7,9,12-19,21-22,24-25H2,1-3H3,(H,55,63)/t27?,30?,31?,33-,34+,39+,40?,45?,53-/m0/s1. The molecule has 78 heavy (non-hydrogen) atoms. The number of rotatable bonds is 23. The number of hydrogen-bond acceptors (Lipinski definition) is 21. The van der Waals surface area contributed by atoms with Gasteiger partial charge in [0.25, 0.3) is 5.56 Å². The quantitative estimate of drug-likeness (QED) is 0.0247. The summed E-state index contributed by atoms with van der Waals surface area (Å²) in [5, 5.41) is 104. The van der Waals surface area contributed by atoms with Crippen LogP contribution in [0.4, 0.5) is 0 Å². The van der Waals surface area contributed by atoms with Gasteiger partial charge in [-0.2, -0.15) is 0 Å². The molecule has 4 aromatic rings. The number of hydrogen-bond donors (Lipinski definition) is 11. The van der Waals surface area contributed by atoms with Gasteiger partial charge >= 0.3 is 5.69 Å². The normalized spacial score (nSPS) is 24.7. The Kier molecular flexibility index (Phi) is 18.2. The van der Waals surface area contributed by atoms with E-state index in [4.69, 9.17) is 18.9 Å². The van der Waals surface area contributed by atoms with Crippen molar-refractivity contribution < 1.29 is 84.1 Å². The summed E-state index contributed by atoms with van der Waals surface area (Å²) in [5.41, 5.74) is -4.68. The van der Waals surface area contributed by atoms with E-state index in [0.29, 0.717) is 48.4 Å². The zero-order valence-electron chi connectivity index (χ0n) is 43.4. The Bertz CT molecular complexity index is 3050. The Balaban J connectivity index is 0.801. The van der Waals surface area contributed by atoms with E-state index in [0.717, 1.165) is 11.0 Å². The number of fused-ring (bicyclic) bond motifs is 3. The number of aromatic hydroxyl groups is 4. The minimum atomic E-state index is -2.35. The highest BCUT2D eigenvalue weighted by Crippen LogP contribution is 2.53. The van der Waals surface area contributed by atoms with Crippen LogP contribution in [0.25, 0.3) is 0 Å². The fourth-order valence-corrected chi connectivity index (χ4v) is 11.7. The second kappa shape index (κ2) is 24.5. The highest BCUT2D eigenvalue weighted by Gasteiger charge is 2.50. The Hall–Kier alpha value is -6.13. The second-order valence-electron chi connectivity index (χ2n) is 20.2. The number of benzene rings is 2. The highest BCUT2D eigenvalue weighted by molar-refractivity contribution is 7.99. The molecule has 9 atom stereocenters. The number of phenolic OH excluding ortho intramolecular Hbond substituents is 2. The van der Waals surface area contributed by atoms with Gasteiger partial charge in [0.2, 0.25) is 17.6 Å². The van der Waals surface area contributed by atoms with Gasteiger partial charge in [-0.05, 0) is 45.7 Å². The van der Waals surface area contributed by atoms with Crippen LogP contribution in [0, 0.1) is 6.92 Å². The third-order valence-electron chi connectivity index (χ3n) is 15.0. The number of Topliss-reactive ketones (excluding diaryl/α,β-unsaturated/α-hetero) is 1. The Morgan fingerprint density at radius 3 is 2.35 bits per heavy atom. The minimum Gasteiger partial charge on any atom is -0.507 e. The van der Waals surface area contributed by atoms with Crippen LogP contribution in [0.15, 0.2) is 44.9 Å². The van der Waals surface area contributed by atoms with Crippen LogP contribution in [0.5, 0.6) is 29.0 Å². The van der Waals surface area contributed by atoms with E-state index in [2.05, 4.69) is 10.6 Å². The maximum Gasteiger partial charge on any atom is 0.333 e. The number of aromatic nitrogens is 3. The number of phenols is 2. The van der Waals surface area contributed by atoms with E-state index in [9.17, 15) is 74.7 Å². The zero-order valence-corrected chi connectivity index (χ0v) is 44.2. The number of aliphatic hydroxyl groups excluding tert-OH is 4. The molecule has 5 unspecified atom stereocenters. The number of ether oxygens (including phenoxy) is 4. The average Bonchev–Trinajstić information content (AvgIpc) is 3.99. The summed E-state index contributed by atoms with van der Waals surface area (Å²) < 4.78 is 27.0. The SMILES string of the molecule is COc1cccc2c1C(=O)c1c(O)c3c(c(O)c1C2=O)C[C@@](O)(C(=O)CO)C[C@@H]3OC1CC(NCCCn2c(O)cc(SCCC(=O)NCCCCCCn3c(=O)c(C)cn([C@H]4CC(O)[C@@H](CO)O4)c3=O)c2O)C(O)C(C)O1. The molecule has 8 rings (SSSR count). The monoisotopic (exact) mass is 1110 g/mol. The van der Waals surface area contributed by atoms with Gasteiger partial charge in [-0.25, -0.2) is 4.79 Å². The first-order valence-electron chi connectivity index (χ1n) is 26.0. The van der Waals surface area contributed by atoms with Crippen molar-refractivity contribution in [2.24, 2.45) is 0 Å². The molecule has 0 radical (unpaired) electrons. The molecule has 11 N–H and O–H groups in total. The maximum absolute atomic E-state index is 14.0. The van der Waals surface area contributed by atoms with E-state index in [1.54, 1.807) is 13.8 Å². The number of aryl methyl sites for hydroxylation is 1. The lowest BCUT2D eigenvalue weighted by Gasteiger charge is -2.43. The largest absolute Gasteiger partial charge is 0.507 e. The molecular weight excluding hydrogens is 1040 g/mol. The molecule has 25 heteroatoms. The fraction of sp³-hybridized carbons (Fsp3) is 0.547. The molecule has 0 spiro atoms. The first-order chi connectivity index (χ1) is 37.2. The van der Waals surface area contributed by atoms with Crippen LogP contribution >= 0.6 is 11.8 Å². The number of carbonyl (C=O) groups is 4. The van der Waals surface area contributed by atoms with Crippen molar-refractivity contribution in [1.29, 1.82) is 0 Å². The zero-order chi connectivity index (χ0) is 56.3. The van der Waals surface area contributed by atoms with Gasteiger partial charge < -0.3 is 75.5 Å². The first-order valence-corrected chi connectivity index (χ1v) is 27.0. The van der Waals surface area contributed by atoms with E-state index < -0.39 is 132 Å². The molecule has 2 aliphatic heterocycles. The number of aliphatic hydroxyl groups is 5. The Morgan fingerprint density at radius 2 is 1.63 bits per heavy atom. The topological polar surface area (TPSA) is 360 Å². The molecule has 4 aliphatic rings. The number of carbonyl (C=O) groups excluding carboxylic acids is 4. The van der Waals surface area contributed by atoms with Crippen molar-refractivity contribution >= 4 is 35.0 Å². The van der Waals surface area contributed by atoms with Crippen molar-refractivity contribution in [3.8, 4) is 29.0 Å². The van der Waals surface area contributed by atoms with Gasteiger partial charge in [-0.3, -0.25) is 37.7 Å². The molecule has 0 bridgehead atoms. The van der Waals surface area contributed by atoms with Crippen molar-refractivity contribution in [1.82, 2.24) is 24.3 Å². The Morgan fingerprint density at radius 1 is 0.897 bits per heavy atom. The molecule has 2 fully saturated rings. The summed E-state index contributed by atoms with van der Waals surface area (Å²) in [6.45, 7) is 2.69. The molecule has 1 amide bonds. The van der Waals surface area contributed by atoms with E-state index in [1.807, 2.05) is 0 Å². The average molecular weight is 1110 g/mol. The second-order valence-corrected chi connectivity index (χ2v) is 21.3. The van der Waals surface area contributed by atoms with Crippen LogP contribution in [-0.2, 0) is 43.3 Å². The predicted molar refractivity (Wildman–Crippen MR) is 276 cm³/mol. The molecule has 2 aromatic heterocycles. The molecule has 24 nitrogen and oxygen atoms in total. The van der Waals surface area contributed by atoms with Crippen LogP contribution < -0.4 is 26.6 Å². The van der Waals surface area contributed by atoms with E-state index >= 15 is 0 Å². The molecule has 2 aromatic carbocycles. The van der Waals surface area contributed by atoms with Gasteiger partial charge in [-0.1, -0.05) is 25.0 Å². The molecule has 2 saturated heterocycles. The lowest BCUT2D eigenvalue weighted by Crippen LogP contribution is -2.54. The summed E-state index contributed by atoms with van der Waals surface area (Å²) in [7, 11) is 1.30. The van der Waals surface area contributed by atoms with Crippen molar-refractivity contribution in [3.63, 3.8) is 0 Å². The number of ketones is 3. The molecule has 4 heterocycles. The number of amides is 1.